The fourth-order valence-electron chi connectivity index (χ4n) is 4.20. The van der Waals surface area contributed by atoms with Crippen molar-refractivity contribution in [2.75, 3.05) is 49.5 Å². The molecular weight excluding hydrogens is 466 g/mol. The van der Waals surface area contributed by atoms with E-state index in [2.05, 4.69) is 5.32 Å². The first-order valence-electron chi connectivity index (χ1n) is 10.9. The molecule has 13 heteroatoms. The molecule has 34 heavy (non-hydrogen) atoms. The Labute approximate surface area is 196 Å². The number of nitrogens with one attached hydrogen (secondary N) is 1. The lowest BCUT2D eigenvalue weighted by Crippen LogP contribution is -2.48. The number of sulfonamides is 1. The van der Waals surface area contributed by atoms with Gasteiger partial charge in [0.05, 0.1) is 16.0 Å². The zero-order valence-corrected chi connectivity index (χ0v) is 19.1. The van der Waals surface area contributed by atoms with Crippen LogP contribution in [0.2, 0.25) is 0 Å². The maximum absolute atomic E-state index is 13.0. The van der Waals surface area contributed by atoms with E-state index < -0.39 is 25.6 Å². The molecule has 1 N–H and O–H groups in total. The highest BCUT2D eigenvalue weighted by Gasteiger charge is 2.33. The molecule has 4 rings (SSSR count). The molecule has 2 aliphatic rings. The Morgan fingerprint density at radius 3 is 2.35 bits per heavy atom. The number of nitro benzene ring substituents is 2. The van der Waals surface area contributed by atoms with Crippen molar-refractivity contribution in [3.05, 3.63) is 62.7 Å². The van der Waals surface area contributed by atoms with E-state index in [-0.39, 0.29) is 29.8 Å². The third-order valence-electron chi connectivity index (χ3n) is 6.00. The van der Waals surface area contributed by atoms with Gasteiger partial charge in [0.1, 0.15) is 5.69 Å². The van der Waals surface area contributed by atoms with Crippen molar-refractivity contribution in [2.24, 2.45) is 0 Å². The Kier molecular flexibility index (Phi) is 6.95. The van der Waals surface area contributed by atoms with Crippen molar-refractivity contribution in [3.63, 3.8) is 0 Å². The second-order valence-electron chi connectivity index (χ2n) is 8.09. The molecule has 0 aromatic heterocycles. The van der Waals surface area contributed by atoms with E-state index in [1.807, 2.05) is 4.90 Å². The summed E-state index contributed by atoms with van der Waals surface area (Å²) in [5, 5.41) is 25.9. The van der Waals surface area contributed by atoms with Crippen molar-refractivity contribution in [1.29, 1.82) is 0 Å². The third kappa shape index (κ3) is 4.95. The normalized spacial score (nSPS) is 19.2. The predicted octanol–water partition coefficient (Wildman–Crippen LogP) is 2.60. The van der Waals surface area contributed by atoms with Crippen molar-refractivity contribution in [1.82, 2.24) is 4.31 Å². The molecule has 0 amide bonds. The minimum absolute atomic E-state index is 0.0130. The van der Waals surface area contributed by atoms with Gasteiger partial charge in [0, 0.05) is 57.2 Å². The van der Waals surface area contributed by atoms with E-state index in [1.165, 1.54) is 34.6 Å². The van der Waals surface area contributed by atoms with Crippen LogP contribution < -0.4 is 10.2 Å². The maximum atomic E-state index is 13.0. The van der Waals surface area contributed by atoms with Crippen LogP contribution in [0.25, 0.3) is 0 Å². The molecule has 0 aliphatic carbocycles. The van der Waals surface area contributed by atoms with Gasteiger partial charge >= 0.3 is 0 Å². The van der Waals surface area contributed by atoms with E-state index in [1.54, 1.807) is 12.1 Å². The number of nitrogens with zero attached hydrogens (tertiary/aromatic N) is 4. The summed E-state index contributed by atoms with van der Waals surface area (Å²) in [5.41, 5.74) is 0.609. The fraction of sp³-hybridized carbons (Fsp3) is 0.429. The average molecular weight is 492 g/mol. The van der Waals surface area contributed by atoms with Gasteiger partial charge in [-0.25, -0.2) is 8.42 Å². The lowest BCUT2D eigenvalue weighted by atomic mass is 10.2. The number of para-hydroxylation sites is 1. The van der Waals surface area contributed by atoms with Crippen molar-refractivity contribution in [3.8, 4) is 0 Å². The van der Waals surface area contributed by atoms with Crippen LogP contribution in [0, 0.1) is 20.2 Å². The molecule has 2 aromatic carbocycles. The number of anilines is 2. The first-order valence-corrected chi connectivity index (χ1v) is 12.3. The Bertz CT molecular complexity index is 1180. The molecular formula is C21H25N5O7S. The highest BCUT2D eigenvalue weighted by atomic mass is 32.2. The number of hydrogen-bond donors (Lipinski definition) is 1. The number of hydrogen-bond acceptors (Lipinski definition) is 9. The van der Waals surface area contributed by atoms with Crippen molar-refractivity contribution in [2.45, 2.75) is 23.8 Å². The second-order valence-corrected chi connectivity index (χ2v) is 10.00. The molecule has 2 heterocycles. The molecule has 1 unspecified atom stereocenters. The lowest BCUT2D eigenvalue weighted by Gasteiger charge is -2.35. The summed E-state index contributed by atoms with van der Waals surface area (Å²) in [6, 6.07) is 10.1. The number of rotatable bonds is 8. The quantitative estimate of drug-likeness (QED) is 0.434. The predicted molar refractivity (Wildman–Crippen MR) is 125 cm³/mol. The van der Waals surface area contributed by atoms with E-state index in [9.17, 15) is 28.6 Å². The van der Waals surface area contributed by atoms with E-state index in [0.717, 1.165) is 18.5 Å². The average Bonchev–Trinajstić information content (AvgIpc) is 3.36. The van der Waals surface area contributed by atoms with Gasteiger partial charge < -0.3 is 15.0 Å². The van der Waals surface area contributed by atoms with Crippen molar-refractivity contribution >= 4 is 32.8 Å². The summed E-state index contributed by atoms with van der Waals surface area (Å²) in [7, 11) is -4.04. The molecule has 0 saturated carbocycles. The number of piperazine rings is 1. The fourth-order valence-corrected chi connectivity index (χ4v) is 5.78. The molecule has 0 radical (unpaired) electrons. The highest BCUT2D eigenvalue weighted by molar-refractivity contribution is 7.89. The van der Waals surface area contributed by atoms with E-state index in [0.29, 0.717) is 31.9 Å². The van der Waals surface area contributed by atoms with Crippen LogP contribution in [0.15, 0.2) is 47.4 Å². The van der Waals surface area contributed by atoms with Gasteiger partial charge in [-0.2, -0.15) is 4.31 Å². The molecule has 0 bridgehead atoms. The Balaban J connectivity index is 1.48. The first kappa shape index (κ1) is 23.9. The van der Waals surface area contributed by atoms with Crippen LogP contribution in [0.5, 0.6) is 0 Å². The molecule has 2 fully saturated rings. The molecule has 2 aromatic rings. The third-order valence-corrected chi connectivity index (χ3v) is 7.95. The van der Waals surface area contributed by atoms with Crippen LogP contribution in [-0.2, 0) is 14.8 Å². The van der Waals surface area contributed by atoms with Gasteiger partial charge in [-0.15, -0.1) is 0 Å². The van der Waals surface area contributed by atoms with E-state index >= 15 is 0 Å². The number of nitro groups is 2. The molecule has 182 valence electrons. The van der Waals surface area contributed by atoms with Gasteiger partial charge in [0.15, 0.2) is 4.90 Å². The number of ether oxygens (including phenoxy) is 1. The zero-order chi connectivity index (χ0) is 24.3. The summed E-state index contributed by atoms with van der Waals surface area (Å²) in [6.07, 6.45) is 1.88. The Morgan fingerprint density at radius 1 is 1.00 bits per heavy atom. The smallest absolute Gasteiger partial charge is 0.292 e. The van der Waals surface area contributed by atoms with Crippen LogP contribution in [0.3, 0.4) is 0 Å². The van der Waals surface area contributed by atoms with Crippen LogP contribution in [-0.4, -0.2) is 68.0 Å². The SMILES string of the molecule is O=[N+]([O-])c1ccc(N2CCN(S(=O)(=O)c3ccccc3[N+](=O)[O-])CC2)cc1NCC1CCCO1. The molecule has 2 saturated heterocycles. The minimum Gasteiger partial charge on any atom is -0.377 e. The molecule has 2 aliphatic heterocycles. The Hall–Kier alpha value is -3.29. The van der Waals surface area contributed by atoms with Crippen molar-refractivity contribution < 1.29 is 23.0 Å². The van der Waals surface area contributed by atoms with Crippen LogP contribution in [0.4, 0.5) is 22.7 Å². The van der Waals surface area contributed by atoms with Gasteiger partial charge in [-0.3, -0.25) is 20.2 Å². The van der Waals surface area contributed by atoms with Crippen LogP contribution in [0.1, 0.15) is 12.8 Å². The van der Waals surface area contributed by atoms with Gasteiger partial charge in [0.2, 0.25) is 10.0 Å². The monoisotopic (exact) mass is 491 g/mol. The van der Waals surface area contributed by atoms with Crippen LogP contribution >= 0.6 is 0 Å². The van der Waals surface area contributed by atoms with Gasteiger partial charge in [-0.1, -0.05) is 12.1 Å². The molecule has 12 nitrogen and oxygen atoms in total. The summed E-state index contributed by atoms with van der Waals surface area (Å²) >= 11 is 0. The van der Waals surface area contributed by atoms with Gasteiger partial charge in [-0.05, 0) is 31.0 Å². The number of benzene rings is 2. The highest BCUT2D eigenvalue weighted by Crippen LogP contribution is 2.32. The first-order chi connectivity index (χ1) is 16.3. The molecule has 0 spiro atoms. The van der Waals surface area contributed by atoms with E-state index in [4.69, 9.17) is 4.74 Å². The largest absolute Gasteiger partial charge is 0.377 e. The summed E-state index contributed by atoms with van der Waals surface area (Å²) in [5.74, 6) is 0. The summed E-state index contributed by atoms with van der Waals surface area (Å²) in [4.78, 5) is 23.2. The summed E-state index contributed by atoms with van der Waals surface area (Å²) in [6.45, 7) is 2.08. The summed E-state index contributed by atoms with van der Waals surface area (Å²) < 4.78 is 32.9. The maximum Gasteiger partial charge on any atom is 0.292 e. The minimum atomic E-state index is -4.04. The topological polar surface area (TPSA) is 148 Å². The second kappa shape index (κ2) is 9.91. The zero-order valence-electron chi connectivity index (χ0n) is 18.3. The lowest BCUT2D eigenvalue weighted by molar-refractivity contribution is -0.387. The van der Waals surface area contributed by atoms with Gasteiger partial charge in [0.25, 0.3) is 11.4 Å². The standard InChI is InChI=1S/C21H25N5O7S/c27-25(28)19-8-7-16(14-18(19)22-15-17-4-3-13-33-17)23-9-11-24(12-10-23)34(31,32)21-6-2-1-5-20(21)26(29)30/h1-2,5-8,14,17,22H,3-4,9-13,15H2. The Morgan fingerprint density at radius 2 is 1.71 bits per heavy atom. The molecule has 1 atom stereocenters.